The summed E-state index contributed by atoms with van der Waals surface area (Å²) in [5.74, 6) is 2.20. The summed E-state index contributed by atoms with van der Waals surface area (Å²) >= 11 is 0. The van der Waals surface area contributed by atoms with E-state index in [1.165, 1.54) is 37.8 Å². The number of carbonyl (C=O) groups excluding carboxylic acids is 1. The number of fused-ring (bicyclic) bond motifs is 1. The Morgan fingerprint density at radius 3 is 2.79 bits per heavy atom. The van der Waals surface area contributed by atoms with Gasteiger partial charge in [0.1, 0.15) is 0 Å². The number of hydrogen-bond acceptors (Lipinski definition) is 1. The van der Waals surface area contributed by atoms with E-state index in [-0.39, 0.29) is 0 Å². The molecule has 0 saturated heterocycles. The van der Waals surface area contributed by atoms with Crippen molar-refractivity contribution in [1.82, 2.24) is 4.57 Å². The molecule has 2 nitrogen and oxygen atoms in total. The van der Waals surface area contributed by atoms with Gasteiger partial charge in [0, 0.05) is 30.4 Å². The van der Waals surface area contributed by atoms with Gasteiger partial charge in [0.2, 0.25) is 0 Å². The number of aromatic nitrogens is 1. The van der Waals surface area contributed by atoms with Crippen LogP contribution >= 0.6 is 0 Å². The number of hydrogen-bond donors (Lipinski definition) is 0. The average molecular weight is 259 g/mol. The second kappa shape index (κ2) is 5.52. The van der Waals surface area contributed by atoms with Gasteiger partial charge in [-0.3, -0.25) is 4.79 Å². The minimum atomic E-state index is 0.353. The fourth-order valence-corrected chi connectivity index (χ4v) is 3.74. The molecule has 0 spiro atoms. The predicted octanol–water partition coefficient (Wildman–Crippen LogP) is 4.22. The van der Waals surface area contributed by atoms with E-state index in [9.17, 15) is 4.79 Å². The zero-order chi connectivity index (χ0) is 13.2. The molecule has 104 valence electrons. The number of Topliss-reactive ketones (excluding diaryl/α,β-unsaturated/α-hetero) is 1. The number of carbonyl (C=O) groups is 1. The van der Waals surface area contributed by atoms with Gasteiger partial charge in [0.25, 0.3) is 0 Å². The van der Waals surface area contributed by atoms with Crippen molar-refractivity contribution in [2.45, 2.75) is 64.8 Å². The summed E-state index contributed by atoms with van der Waals surface area (Å²) < 4.78 is 2.35. The van der Waals surface area contributed by atoms with Crippen LogP contribution < -0.4 is 0 Å². The largest absolute Gasteiger partial charge is 0.351 e. The summed E-state index contributed by atoms with van der Waals surface area (Å²) in [6, 6.07) is 2.04. The first-order chi connectivity index (χ1) is 9.24. The van der Waals surface area contributed by atoms with Crippen LogP contribution in [-0.2, 0) is 13.0 Å². The Morgan fingerprint density at radius 1 is 1.21 bits per heavy atom. The Hall–Kier alpha value is -1.05. The van der Waals surface area contributed by atoms with Gasteiger partial charge in [0.05, 0.1) is 0 Å². The predicted molar refractivity (Wildman–Crippen MR) is 77.4 cm³/mol. The lowest BCUT2D eigenvalue weighted by molar-refractivity contribution is 0.0971. The Balaban J connectivity index is 1.60. The Morgan fingerprint density at radius 2 is 2.00 bits per heavy atom. The van der Waals surface area contributed by atoms with E-state index in [0.717, 1.165) is 43.2 Å². The summed E-state index contributed by atoms with van der Waals surface area (Å²) in [4.78, 5) is 11.8. The molecular weight excluding hydrogens is 234 g/mol. The molecule has 0 aliphatic heterocycles. The lowest BCUT2D eigenvalue weighted by Crippen LogP contribution is -2.17. The minimum absolute atomic E-state index is 0.353. The molecule has 0 bridgehead atoms. The lowest BCUT2D eigenvalue weighted by atomic mass is 9.81. The molecule has 0 amide bonds. The van der Waals surface area contributed by atoms with E-state index < -0.39 is 0 Å². The molecule has 0 radical (unpaired) electrons. The molecule has 1 heterocycles. The monoisotopic (exact) mass is 259 g/mol. The van der Waals surface area contributed by atoms with Crippen molar-refractivity contribution < 1.29 is 4.79 Å². The quantitative estimate of drug-likeness (QED) is 0.796. The maximum absolute atomic E-state index is 11.8. The molecule has 1 aromatic rings. The normalized spacial score (nSPS) is 27.3. The maximum Gasteiger partial charge on any atom is 0.164 e. The lowest BCUT2D eigenvalue weighted by Gasteiger charge is -2.26. The molecule has 19 heavy (non-hydrogen) atoms. The van der Waals surface area contributed by atoms with Crippen molar-refractivity contribution in [1.29, 1.82) is 0 Å². The van der Waals surface area contributed by atoms with E-state index in [1.807, 2.05) is 6.07 Å². The SMILES string of the molecule is CC1CCC(CCn2ccc3c2CCCC3=O)CC1. The molecule has 1 aromatic heterocycles. The van der Waals surface area contributed by atoms with Gasteiger partial charge in [-0.15, -0.1) is 0 Å². The Kier molecular flexibility index (Phi) is 3.76. The summed E-state index contributed by atoms with van der Waals surface area (Å²) in [6.07, 6.45) is 11.9. The summed E-state index contributed by atoms with van der Waals surface area (Å²) in [5.41, 5.74) is 2.31. The van der Waals surface area contributed by atoms with Crippen LogP contribution in [0.15, 0.2) is 12.3 Å². The third-order valence-corrected chi connectivity index (χ3v) is 5.11. The minimum Gasteiger partial charge on any atom is -0.351 e. The van der Waals surface area contributed by atoms with Gasteiger partial charge in [-0.2, -0.15) is 0 Å². The van der Waals surface area contributed by atoms with Crippen LogP contribution in [0.3, 0.4) is 0 Å². The molecule has 0 unspecified atom stereocenters. The molecule has 0 N–H and O–H groups in total. The van der Waals surface area contributed by atoms with Gasteiger partial charge in [-0.1, -0.05) is 32.6 Å². The molecule has 0 atom stereocenters. The van der Waals surface area contributed by atoms with Crippen molar-refractivity contribution in [3.05, 3.63) is 23.5 Å². The third kappa shape index (κ3) is 2.77. The fraction of sp³-hybridized carbons (Fsp3) is 0.706. The van der Waals surface area contributed by atoms with Gasteiger partial charge in [-0.25, -0.2) is 0 Å². The second-order valence-electron chi connectivity index (χ2n) is 6.56. The van der Waals surface area contributed by atoms with Gasteiger partial charge >= 0.3 is 0 Å². The summed E-state index contributed by atoms with van der Waals surface area (Å²) in [7, 11) is 0. The molecule has 0 aromatic carbocycles. The van der Waals surface area contributed by atoms with E-state index >= 15 is 0 Å². The maximum atomic E-state index is 11.8. The van der Waals surface area contributed by atoms with Crippen LogP contribution in [0.25, 0.3) is 0 Å². The first kappa shape index (κ1) is 13.0. The van der Waals surface area contributed by atoms with Crippen molar-refractivity contribution >= 4 is 5.78 Å². The zero-order valence-corrected chi connectivity index (χ0v) is 12.0. The Bertz CT molecular complexity index is 452. The second-order valence-corrected chi connectivity index (χ2v) is 6.56. The topological polar surface area (TPSA) is 22.0 Å². The highest BCUT2D eigenvalue weighted by Crippen LogP contribution is 2.31. The standard InChI is InChI=1S/C17H25NO/c1-13-5-7-14(8-6-13)9-11-18-12-10-15-16(18)3-2-4-17(15)19/h10,12-14H,2-9,11H2,1H3. The first-order valence-electron chi connectivity index (χ1n) is 7.95. The Labute approximate surface area is 116 Å². The van der Waals surface area contributed by atoms with Crippen molar-refractivity contribution in [3.8, 4) is 0 Å². The third-order valence-electron chi connectivity index (χ3n) is 5.11. The number of ketones is 1. The molecule has 3 rings (SSSR count). The van der Waals surface area contributed by atoms with Crippen LogP contribution in [0.2, 0.25) is 0 Å². The number of nitrogens with zero attached hydrogens (tertiary/aromatic N) is 1. The molecule has 2 aliphatic carbocycles. The van der Waals surface area contributed by atoms with Crippen LogP contribution in [-0.4, -0.2) is 10.4 Å². The molecule has 2 heteroatoms. The van der Waals surface area contributed by atoms with E-state index in [4.69, 9.17) is 0 Å². The molecule has 1 fully saturated rings. The van der Waals surface area contributed by atoms with Gasteiger partial charge < -0.3 is 4.57 Å². The van der Waals surface area contributed by atoms with Gasteiger partial charge in [0.15, 0.2) is 5.78 Å². The summed E-state index contributed by atoms with van der Waals surface area (Å²) in [6.45, 7) is 3.49. The number of aryl methyl sites for hydroxylation is 1. The van der Waals surface area contributed by atoms with Crippen LogP contribution in [0.4, 0.5) is 0 Å². The number of rotatable bonds is 3. The first-order valence-corrected chi connectivity index (χ1v) is 7.95. The molecule has 1 saturated carbocycles. The van der Waals surface area contributed by atoms with Crippen molar-refractivity contribution in [2.75, 3.05) is 0 Å². The van der Waals surface area contributed by atoms with Crippen LogP contribution in [0, 0.1) is 11.8 Å². The van der Waals surface area contributed by atoms with Crippen LogP contribution in [0.5, 0.6) is 0 Å². The highest BCUT2D eigenvalue weighted by atomic mass is 16.1. The van der Waals surface area contributed by atoms with E-state index in [0.29, 0.717) is 5.78 Å². The average Bonchev–Trinajstić information content (AvgIpc) is 2.83. The van der Waals surface area contributed by atoms with Crippen molar-refractivity contribution in [3.63, 3.8) is 0 Å². The van der Waals surface area contributed by atoms with Gasteiger partial charge in [-0.05, 0) is 37.2 Å². The van der Waals surface area contributed by atoms with E-state index in [2.05, 4.69) is 17.7 Å². The smallest absolute Gasteiger partial charge is 0.164 e. The molecule has 2 aliphatic rings. The van der Waals surface area contributed by atoms with Crippen molar-refractivity contribution in [2.24, 2.45) is 11.8 Å². The fourth-order valence-electron chi connectivity index (χ4n) is 3.74. The molecular formula is C17H25NO. The van der Waals surface area contributed by atoms with Crippen LogP contribution in [0.1, 0.15) is 67.9 Å². The van der Waals surface area contributed by atoms with E-state index in [1.54, 1.807) is 0 Å². The highest BCUT2D eigenvalue weighted by molar-refractivity contribution is 5.98. The summed E-state index contributed by atoms with van der Waals surface area (Å²) in [5, 5.41) is 0. The zero-order valence-electron chi connectivity index (χ0n) is 12.0. The highest BCUT2D eigenvalue weighted by Gasteiger charge is 2.22.